The zero-order valence-corrected chi connectivity index (χ0v) is 12.9. The zero-order valence-electron chi connectivity index (χ0n) is 12.0. The van der Waals surface area contributed by atoms with Crippen LogP contribution >= 0.6 is 11.3 Å². The molecule has 0 bridgehead atoms. The molecule has 0 spiro atoms. The van der Waals surface area contributed by atoms with E-state index < -0.39 is 0 Å². The largest absolute Gasteiger partial charge is 0.487 e. The Kier molecular flexibility index (Phi) is 4.20. The summed E-state index contributed by atoms with van der Waals surface area (Å²) in [5.74, 6) is 0.813. The highest BCUT2D eigenvalue weighted by Crippen LogP contribution is 2.19. The van der Waals surface area contributed by atoms with Crippen molar-refractivity contribution in [2.45, 2.75) is 26.4 Å². The molecule has 1 aliphatic heterocycles. The molecule has 5 heteroatoms. The van der Waals surface area contributed by atoms with Crippen molar-refractivity contribution in [1.82, 2.24) is 9.88 Å². The molecule has 2 aromatic rings. The van der Waals surface area contributed by atoms with Crippen molar-refractivity contribution in [3.63, 3.8) is 0 Å². The number of nitrogens with zero attached hydrogens (tertiary/aromatic N) is 2. The molecule has 1 fully saturated rings. The molecule has 0 unspecified atom stereocenters. The van der Waals surface area contributed by atoms with Crippen LogP contribution in [0, 0.1) is 6.92 Å². The van der Waals surface area contributed by atoms with Crippen LogP contribution in [0.1, 0.15) is 33.9 Å². The van der Waals surface area contributed by atoms with E-state index in [1.165, 1.54) is 0 Å². The van der Waals surface area contributed by atoms with Crippen molar-refractivity contribution >= 4 is 17.2 Å². The minimum absolute atomic E-state index is 0.0995. The molecular formula is C16H18N2O2S. The van der Waals surface area contributed by atoms with Crippen LogP contribution in [0.4, 0.5) is 0 Å². The smallest absolute Gasteiger partial charge is 0.253 e. The van der Waals surface area contributed by atoms with E-state index in [-0.39, 0.29) is 5.91 Å². The highest BCUT2D eigenvalue weighted by atomic mass is 32.1. The molecule has 1 aromatic carbocycles. The van der Waals surface area contributed by atoms with Gasteiger partial charge in [-0.25, -0.2) is 4.98 Å². The summed E-state index contributed by atoms with van der Waals surface area (Å²) in [4.78, 5) is 18.6. The van der Waals surface area contributed by atoms with Crippen LogP contribution in [0.15, 0.2) is 29.6 Å². The van der Waals surface area contributed by atoms with E-state index in [2.05, 4.69) is 4.98 Å². The highest BCUT2D eigenvalue weighted by molar-refractivity contribution is 7.09. The zero-order chi connectivity index (χ0) is 14.7. The third kappa shape index (κ3) is 3.42. The minimum atomic E-state index is 0.0995. The molecular weight excluding hydrogens is 284 g/mol. The number of aromatic nitrogens is 1. The number of hydrogen-bond donors (Lipinski definition) is 0. The van der Waals surface area contributed by atoms with Crippen LogP contribution in [0.2, 0.25) is 0 Å². The van der Waals surface area contributed by atoms with Crippen molar-refractivity contribution in [1.29, 1.82) is 0 Å². The summed E-state index contributed by atoms with van der Waals surface area (Å²) >= 11 is 1.61. The average molecular weight is 302 g/mol. The van der Waals surface area contributed by atoms with Gasteiger partial charge in [0.15, 0.2) is 0 Å². The Bertz CT molecular complexity index is 633. The van der Waals surface area contributed by atoms with Crippen LogP contribution in [-0.4, -0.2) is 28.9 Å². The third-order valence-corrected chi connectivity index (χ3v) is 4.35. The standard InChI is InChI=1S/C16H18N2O2S/c1-12-17-14(11-21-12)10-20-15-6-4-5-13(9-15)16(19)18-7-2-3-8-18/h4-6,9,11H,2-3,7-8,10H2,1H3. The Morgan fingerprint density at radius 2 is 2.19 bits per heavy atom. The fourth-order valence-corrected chi connectivity index (χ4v) is 3.05. The van der Waals surface area contributed by atoms with Crippen molar-refractivity contribution < 1.29 is 9.53 Å². The summed E-state index contributed by atoms with van der Waals surface area (Å²) in [6.07, 6.45) is 2.20. The quantitative estimate of drug-likeness (QED) is 0.870. The fraction of sp³-hybridized carbons (Fsp3) is 0.375. The van der Waals surface area contributed by atoms with Crippen molar-refractivity contribution in [2.75, 3.05) is 13.1 Å². The predicted molar refractivity (Wildman–Crippen MR) is 82.8 cm³/mol. The van der Waals surface area contributed by atoms with Crippen LogP contribution in [0.5, 0.6) is 5.75 Å². The predicted octanol–water partition coefficient (Wildman–Crippen LogP) is 3.27. The number of ether oxygens (including phenoxy) is 1. The van der Waals surface area contributed by atoms with Crippen LogP contribution in [-0.2, 0) is 6.61 Å². The lowest BCUT2D eigenvalue weighted by Gasteiger charge is -2.15. The van der Waals surface area contributed by atoms with Gasteiger partial charge in [-0.05, 0) is 38.0 Å². The van der Waals surface area contributed by atoms with E-state index >= 15 is 0 Å². The Morgan fingerprint density at radius 1 is 1.38 bits per heavy atom. The number of rotatable bonds is 4. The van der Waals surface area contributed by atoms with E-state index in [1.807, 2.05) is 41.5 Å². The summed E-state index contributed by atoms with van der Waals surface area (Å²) in [7, 11) is 0. The second-order valence-electron chi connectivity index (χ2n) is 5.17. The number of aryl methyl sites for hydroxylation is 1. The summed E-state index contributed by atoms with van der Waals surface area (Å²) in [5, 5.41) is 3.03. The van der Waals surface area contributed by atoms with E-state index in [0.29, 0.717) is 17.9 Å². The second kappa shape index (κ2) is 6.26. The normalized spacial score (nSPS) is 14.4. The van der Waals surface area contributed by atoms with Gasteiger partial charge in [-0.1, -0.05) is 6.07 Å². The van der Waals surface area contributed by atoms with Crippen LogP contribution in [0.3, 0.4) is 0 Å². The van der Waals surface area contributed by atoms with Gasteiger partial charge in [-0.3, -0.25) is 4.79 Å². The van der Waals surface area contributed by atoms with E-state index in [0.717, 1.165) is 36.6 Å². The van der Waals surface area contributed by atoms with E-state index in [1.54, 1.807) is 11.3 Å². The van der Waals surface area contributed by atoms with Crippen molar-refractivity contribution in [3.05, 3.63) is 45.9 Å². The van der Waals surface area contributed by atoms with Crippen LogP contribution < -0.4 is 4.74 Å². The molecule has 1 amide bonds. The molecule has 3 rings (SSSR count). The first-order valence-electron chi connectivity index (χ1n) is 7.15. The van der Waals surface area contributed by atoms with E-state index in [4.69, 9.17) is 4.74 Å². The molecule has 1 aromatic heterocycles. The van der Waals surface area contributed by atoms with Gasteiger partial charge in [-0.15, -0.1) is 11.3 Å². The summed E-state index contributed by atoms with van der Waals surface area (Å²) < 4.78 is 5.73. The lowest BCUT2D eigenvalue weighted by Crippen LogP contribution is -2.27. The number of carbonyl (C=O) groups is 1. The maximum absolute atomic E-state index is 12.3. The molecule has 0 N–H and O–H groups in total. The molecule has 21 heavy (non-hydrogen) atoms. The van der Waals surface area contributed by atoms with Gasteiger partial charge in [0.1, 0.15) is 12.4 Å². The number of benzene rings is 1. The lowest BCUT2D eigenvalue weighted by molar-refractivity contribution is 0.0792. The van der Waals surface area contributed by atoms with Gasteiger partial charge in [-0.2, -0.15) is 0 Å². The monoisotopic (exact) mass is 302 g/mol. The Morgan fingerprint density at radius 3 is 2.90 bits per heavy atom. The van der Waals surface area contributed by atoms with Crippen molar-refractivity contribution in [3.8, 4) is 5.75 Å². The van der Waals surface area contributed by atoms with Gasteiger partial charge in [0.05, 0.1) is 10.7 Å². The second-order valence-corrected chi connectivity index (χ2v) is 6.24. The number of amides is 1. The maximum atomic E-state index is 12.3. The third-order valence-electron chi connectivity index (χ3n) is 3.53. The Labute approximate surface area is 128 Å². The van der Waals surface area contributed by atoms with Gasteiger partial charge in [0, 0.05) is 24.0 Å². The number of likely N-dealkylation sites (tertiary alicyclic amines) is 1. The molecule has 0 radical (unpaired) electrons. The first-order chi connectivity index (χ1) is 10.2. The van der Waals surface area contributed by atoms with Gasteiger partial charge >= 0.3 is 0 Å². The summed E-state index contributed by atoms with van der Waals surface area (Å²) in [5.41, 5.74) is 1.62. The number of carbonyl (C=O) groups excluding carboxylic acids is 1. The fourth-order valence-electron chi connectivity index (χ4n) is 2.45. The molecule has 110 valence electrons. The Balaban J connectivity index is 1.66. The summed E-state index contributed by atoms with van der Waals surface area (Å²) in [6, 6.07) is 7.41. The van der Waals surface area contributed by atoms with Gasteiger partial charge in [0.2, 0.25) is 0 Å². The SMILES string of the molecule is Cc1nc(COc2cccc(C(=O)N3CCCC3)c2)cs1. The molecule has 4 nitrogen and oxygen atoms in total. The maximum Gasteiger partial charge on any atom is 0.253 e. The van der Waals surface area contributed by atoms with Gasteiger partial charge in [0.25, 0.3) is 5.91 Å². The molecule has 1 saturated heterocycles. The van der Waals surface area contributed by atoms with Gasteiger partial charge < -0.3 is 9.64 Å². The molecule has 0 atom stereocenters. The number of hydrogen-bond acceptors (Lipinski definition) is 4. The molecule has 2 heterocycles. The summed E-state index contributed by atoms with van der Waals surface area (Å²) in [6.45, 7) is 4.14. The number of thiazole rings is 1. The average Bonchev–Trinajstić information content (AvgIpc) is 3.16. The first kappa shape index (κ1) is 14.1. The molecule has 0 aliphatic carbocycles. The van der Waals surface area contributed by atoms with Crippen LogP contribution in [0.25, 0.3) is 0 Å². The Hall–Kier alpha value is -1.88. The lowest BCUT2D eigenvalue weighted by atomic mass is 10.2. The minimum Gasteiger partial charge on any atom is -0.487 e. The highest BCUT2D eigenvalue weighted by Gasteiger charge is 2.19. The van der Waals surface area contributed by atoms with Crippen molar-refractivity contribution in [2.24, 2.45) is 0 Å². The molecule has 1 aliphatic rings. The topological polar surface area (TPSA) is 42.4 Å². The molecule has 0 saturated carbocycles. The first-order valence-corrected chi connectivity index (χ1v) is 8.03. The van der Waals surface area contributed by atoms with E-state index in [9.17, 15) is 4.79 Å².